The van der Waals surface area contributed by atoms with Gasteiger partial charge in [0, 0.05) is 22.4 Å². The van der Waals surface area contributed by atoms with Crippen molar-refractivity contribution in [2.45, 2.75) is 32.9 Å². The second-order valence-electron chi connectivity index (χ2n) is 9.93. The lowest BCUT2D eigenvalue weighted by molar-refractivity contribution is -0.120. The van der Waals surface area contributed by atoms with Crippen LogP contribution in [0.4, 0.5) is 16.2 Å². The second kappa shape index (κ2) is 12.4. The van der Waals surface area contributed by atoms with Gasteiger partial charge in [-0.05, 0) is 36.6 Å². The van der Waals surface area contributed by atoms with Crippen LogP contribution < -0.4 is 15.5 Å². The lowest BCUT2D eigenvalue weighted by atomic mass is 9.99. The number of hydrogen-bond donors (Lipinski definition) is 2. The Balaban J connectivity index is 1.53. The maximum atomic E-state index is 14.1. The van der Waals surface area contributed by atoms with Crippen LogP contribution in [0.15, 0.2) is 108 Å². The minimum Gasteiger partial charge on any atom is -0.308 e. The number of nitrogens with one attached hydrogen (secondary N) is 2. The van der Waals surface area contributed by atoms with Crippen LogP contribution in [-0.4, -0.2) is 36.1 Å². The number of carbonyl (C=O) groups excluding carboxylic acids is 3. The number of fused-ring (bicyclic) bond motifs is 1. The molecule has 0 spiro atoms. The number of Topliss-reactive ketones (excluding diaryl/α,β-unsaturated/α-hetero) is 1. The number of aryl methyl sites for hydroxylation is 2. The van der Waals surface area contributed by atoms with Crippen LogP contribution in [0.3, 0.4) is 0 Å². The van der Waals surface area contributed by atoms with Crippen molar-refractivity contribution in [2.75, 3.05) is 16.8 Å². The molecule has 0 saturated carbocycles. The number of rotatable bonds is 8. The van der Waals surface area contributed by atoms with Gasteiger partial charge in [0.15, 0.2) is 5.78 Å². The van der Waals surface area contributed by atoms with Crippen molar-refractivity contribution in [1.29, 1.82) is 0 Å². The molecule has 1 heterocycles. The van der Waals surface area contributed by atoms with Gasteiger partial charge >= 0.3 is 6.03 Å². The highest BCUT2D eigenvalue weighted by Crippen LogP contribution is 2.29. The summed E-state index contributed by atoms with van der Waals surface area (Å²) in [6.45, 7) is 3.75. The highest BCUT2D eigenvalue weighted by atomic mass is 16.2. The molecule has 0 radical (unpaired) electrons. The van der Waals surface area contributed by atoms with Crippen molar-refractivity contribution in [2.24, 2.45) is 4.99 Å². The van der Waals surface area contributed by atoms with Crippen LogP contribution in [0.1, 0.15) is 46.0 Å². The number of anilines is 2. The predicted octanol–water partition coefficient (Wildman–Crippen LogP) is 6.16. The fourth-order valence-electron chi connectivity index (χ4n) is 5.04. The molecule has 0 saturated heterocycles. The first kappa shape index (κ1) is 27.5. The third-order valence-electron chi connectivity index (χ3n) is 7.06. The van der Waals surface area contributed by atoms with Gasteiger partial charge in [0.05, 0.1) is 17.9 Å². The van der Waals surface area contributed by atoms with E-state index in [0.717, 1.165) is 29.5 Å². The molecule has 7 heteroatoms. The molecule has 0 aromatic heterocycles. The number of benzene rings is 4. The van der Waals surface area contributed by atoms with Crippen molar-refractivity contribution in [3.63, 3.8) is 0 Å². The quantitative estimate of drug-likeness (QED) is 0.260. The Labute approximate surface area is 239 Å². The molecule has 3 amide bonds. The molecule has 2 N–H and O–H groups in total. The first-order valence-corrected chi connectivity index (χ1v) is 13.7. The number of carbonyl (C=O) groups is 3. The molecule has 7 nitrogen and oxygen atoms in total. The van der Waals surface area contributed by atoms with Gasteiger partial charge in [0.2, 0.25) is 6.17 Å². The largest absolute Gasteiger partial charge is 0.321 e. The second-order valence-corrected chi connectivity index (χ2v) is 9.93. The third-order valence-corrected chi connectivity index (χ3v) is 7.06. The first-order chi connectivity index (χ1) is 20.0. The summed E-state index contributed by atoms with van der Waals surface area (Å²) in [4.78, 5) is 47.1. The van der Waals surface area contributed by atoms with Crippen LogP contribution in [-0.2, 0) is 11.2 Å². The van der Waals surface area contributed by atoms with Crippen LogP contribution in [0.5, 0.6) is 0 Å². The number of aliphatic imine (C=N–C) groups is 1. The maximum Gasteiger partial charge on any atom is 0.321 e. The van der Waals surface area contributed by atoms with E-state index in [4.69, 9.17) is 4.99 Å². The predicted molar refractivity (Wildman–Crippen MR) is 163 cm³/mol. The molecular formula is C34H32N4O3. The number of amides is 3. The molecule has 5 rings (SSSR count). The fraction of sp³-hybridized carbons (Fsp3) is 0.176. The topological polar surface area (TPSA) is 90.9 Å². The van der Waals surface area contributed by atoms with Gasteiger partial charge in [-0.3, -0.25) is 9.59 Å². The Morgan fingerprint density at radius 1 is 0.854 bits per heavy atom. The number of hydrogen-bond acceptors (Lipinski definition) is 4. The Hall–Kier alpha value is -5.04. The van der Waals surface area contributed by atoms with Gasteiger partial charge < -0.3 is 15.5 Å². The fourth-order valence-corrected chi connectivity index (χ4v) is 5.04. The standard InChI is InChI=1S/C34H32N4O3/c1-3-13-24-15-8-11-20-28(24)35-34(41)37-32-33(40)38(22-30(39)26-18-9-7-14-23(26)2)29-21-12-10-19-27(29)31(36-32)25-16-5-4-6-17-25/h4-12,14-21,32H,3,13,22H2,1-2H3,(H2,35,37,41)/t32-/m1/s1. The monoisotopic (exact) mass is 544 g/mol. The SMILES string of the molecule is CCCc1ccccc1NC(=O)N[C@H]1N=C(c2ccccc2)c2ccccc2N(CC(=O)c2ccccc2C)C1=O. The van der Waals surface area contributed by atoms with Crippen molar-refractivity contribution >= 4 is 34.8 Å². The number of nitrogens with zero attached hydrogens (tertiary/aromatic N) is 2. The highest BCUT2D eigenvalue weighted by molar-refractivity contribution is 6.21. The first-order valence-electron chi connectivity index (χ1n) is 13.7. The number of ketones is 1. The van der Waals surface area contributed by atoms with Gasteiger partial charge in [-0.25, -0.2) is 9.79 Å². The van der Waals surface area contributed by atoms with E-state index in [0.29, 0.717) is 28.2 Å². The number of urea groups is 1. The van der Waals surface area contributed by atoms with E-state index in [1.54, 1.807) is 18.2 Å². The van der Waals surface area contributed by atoms with E-state index in [-0.39, 0.29) is 12.3 Å². The summed E-state index contributed by atoms with van der Waals surface area (Å²) >= 11 is 0. The Morgan fingerprint density at radius 2 is 1.54 bits per heavy atom. The van der Waals surface area contributed by atoms with Crippen LogP contribution >= 0.6 is 0 Å². The van der Waals surface area contributed by atoms with E-state index < -0.39 is 18.1 Å². The molecule has 41 heavy (non-hydrogen) atoms. The summed E-state index contributed by atoms with van der Waals surface area (Å²) in [7, 11) is 0. The molecule has 0 unspecified atom stereocenters. The smallest absolute Gasteiger partial charge is 0.308 e. The average molecular weight is 545 g/mol. The van der Waals surface area contributed by atoms with Crippen molar-refractivity contribution in [3.05, 3.63) is 131 Å². The molecular weight excluding hydrogens is 512 g/mol. The molecule has 4 aromatic rings. The maximum absolute atomic E-state index is 14.1. The summed E-state index contributed by atoms with van der Waals surface area (Å²) in [5.74, 6) is -0.701. The third kappa shape index (κ3) is 6.09. The summed E-state index contributed by atoms with van der Waals surface area (Å²) in [5.41, 5.74) is 5.65. The Bertz CT molecular complexity index is 1610. The van der Waals surface area contributed by atoms with E-state index in [9.17, 15) is 14.4 Å². The Kier molecular flexibility index (Phi) is 8.34. The molecule has 1 atom stereocenters. The minimum atomic E-state index is -1.26. The molecule has 0 bridgehead atoms. The zero-order valence-corrected chi connectivity index (χ0v) is 23.1. The summed E-state index contributed by atoms with van der Waals surface area (Å²) < 4.78 is 0. The lowest BCUT2D eigenvalue weighted by Crippen LogP contribution is -2.50. The molecule has 4 aromatic carbocycles. The van der Waals surface area contributed by atoms with E-state index in [2.05, 4.69) is 17.6 Å². The molecule has 0 fully saturated rings. The number of para-hydroxylation sites is 2. The van der Waals surface area contributed by atoms with Gasteiger partial charge in [0.1, 0.15) is 0 Å². The normalized spacial score (nSPS) is 14.5. The van der Waals surface area contributed by atoms with Gasteiger partial charge in [-0.1, -0.05) is 104 Å². The lowest BCUT2D eigenvalue weighted by Gasteiger charge is -2.25. The zero-order valence-electron chi connectivity index (χ0n) is 23.1. The van der Waals surface area contributed by atoms with Crippen LogP contribution in [0.25, 0.3) is 0 Å². The van der Waals surface area contributed by atoms with Gasteiger partial charge in [0.25, 0.3) is 5.91 Å². The average Bonchev–Trinajstić information content (AvgIpc) is 3.09. The molecule has 1 aliphatic rings. The molecule has 0 aliphatic carbocycles. The molecule has 206 valence electrons. The van der Waals surface area contributed by atoms with Crippen molar-refractivity contribution in [1.82, 2.24) is 5.32 Å². The summed E-state index contributed by atoms with van der Waals surface area (Å²) in [5, 5.41) is 5.67. The zero-order chi connectivity index (χ0) is 28.8. The van der Waals surface area contributed by atoms with Crippen molar-refractivity contribution in [3.8, 4) is 0 Å². The van der Waals surface area contributed by atoms with E-state index in [1.165, 1.54) is 4.90 Å². The van der Waals surface area contributed by atoms with E-state index in [1.807, 2.05) is 91.9 Å². The number of benzodiazepines with no additional fused rings is 1. The van der Waals surface area contributed by atoms with Crippen LogP contribution in [0, 0.1) is 6.92 Å². The van der Waals surface area contributed by atoms with Crippen LogP contribution in [0.2, 0.25) is 0 Å². The minimum absolute atomic E-state index is 0.197. The van der Waals surface area contributed by atoms with Crippen molar-refractivity contribution < 1.29 is 14.4 Å². The van der Waals surface area contributed by atoms with E-state index >= 15 is 0 Å². The van der Waals surface area contributed by atoms with Gasteiger partial charge in [-0.2, -0.15) is 0 Å². The molecule has 1 aliphatic heterocycles. The summed E-state index contributed by atoms with van der Waals surface area (Å²) in [6, 6.07) is 31.2. The van der Waals surface area contributed by atoms with Gasteiger partial charge in [-0.15, -0.1) is 0 Å². The Morgan fingerprint density at radius 3 is 2.32 bits per heavy atom. The summed E-state index contributed by atoms with van der Waals surface area (Å²) in [6.07, 6.45) is 0.466. The highest BCUT2D eigenvalue weighted by Gasteiger charge is 2.34.